The predicted octanol–water partition coefficient (Wildman–Crippen LogP) is 2.27. The normalized spacial score (nSPS) is 35.9. The summed E-state index contributed by atoms with van der Waals surface area (Å²) < 4.78 is 0. The van der Waals surface area contributed by atoms with E-state index in [1.54, 1.807) is 0 Å². The van der Waals surface area contributed by atoms with Crippen LogP contribution in [-0.4, -0.2) is 29.6 Å². The molecule has 18 heavy (non-hydrogen) atoms. The lowest BCUT2D eigenvalue weighted by Crippen LogP contribution is -2.43. The molecule has 0 aromatic carbocycles. The molecule has 0 aromatic heterocycles. The molecule has 0 bridgehead atoms. The van der Waals surface area contributed by atoms with Crippen molar-refractivity contribution in [2.75, 3.05) is 13.1 Å². The van der Waals surface area contributed by atoms with E-state index >= 15 is 0 Å². The van der Waals surface area contributed by atoms with Crippen molar-refractivity contribution in [3.8, 4) is 6.07 Å². The van der Waals surface area contributed by atoms with E-state index in [-0.39, 0.29) is 0 Å². The SMILES string of the molecule is N#CC1(N)CCCC1CCN(CC1CC1)C1CC1. The Balaban J connectivity index is 1.51. The molecule has 3 aliphatic rings. The number of nitrogens with two attached hydrogens (primary N) is 1. The average molecular weight is 247 g/mol. The largest absolute Gasteiger partial charge is 0.313 e. The van der Waals surface area contributed by atoms with Crippen molar-refractivity contribution in [2.24, 2.45) is 17.6 Å². The van der Waals surface area contributed by atoms with Crippen LogP contribution in [0.1, 0.15) is 51.4 Å². The molecule has 3 nitrogen and oxygen atoms in total. The molecule has 3 aliphatic carbocycles. The summed E-state index contributed by atoms with van der Waals surface area (Å²) in [6.07, 6.45) is 9.99. The van der Waals surface area contributed by atoms with Crippen molar-refractivity contribution in [1.82, 2.24) is 4.90 Å². The van der Waals surface area contributed by atoms with E-state index in [1.807, 2.05) is 0 Å². The highest BCUT2D eigenvalue weighted by Gasteiger charge is 2.40. The number of rotatable bonds is 6. The fraction of sp³-hybridized carbons (Fsp3) is 0.933. The van der Waals surface area contributed by atoms with Gasteiger partial charge in [-0.1, -0.05) is 6.42 Å². The first-order chi connectivity index (χ1) is 8.71. The minimum absolute atomic E-state index is 0.433. The van der Waals surface area contributed by atoms with Gasteiger partial charge in [-0.05, 0) is 63.3 Å². The van der Waals surface area contributed by atoms with Crippen molar-refractivity contribution in [3.63, 3.8) is 0 Å². The molecule has 0 aromatic rings. The highest BCUT2D eigenvalue weighted by atomic mass is 15.2. The third-order valence-corrected chi connectivity index (χ3v) is 5.10. The second-order valence-corrected chi connectivity index (χ2v) is 6.70. The Morgan fingerprint density at radius 2 is 2.00 bits per heavy atom. The maximum Gasteiger partial charge on any atom is 0.107 e. The van der Waals surface area contributed by atoms with Crippen LogP contribution in [0.5, 0.6) is 0 Å². The van der Waals surface area contributed by atoms with E-state index in [1.165, 1.54) is 38.8 Å². The number of hydrogen-bond donors (Lipinski definition) is 1. The summed E-state index contributed by atoms with van der Waals surface area (Å²) in [6, 6.07) is 3.23. The maximum atomic E-state index is 9.25. The van der Waals surface area contributed by atoms with Crippen LogP contribution in [0.15, 0.2) is 0 Å². The zero-order chi connectivity index (χ0) is 12.6. The molecular formula is C15H25N3. The number of nitriles is 1. The summed E-state index contributed by atoms with van der Waals surface area (Å²) in [4.78, 5) is 2.69. The van der Waals surface area contributed by atoms with Gasteiger partial charge in [0.1, 0.15) is 5.54 Å². The van der Waals surface area contributed by atoms with Gasteiger partial charge in [-0.3, -0.25) is 0 Å². The molecule has 2 N–H and O–H groups in total. The van der Waals surface area contributed by atoms with Crippen LogP contribution in [0, 0.1) is 23.2 Å². The van der Waals surface area contributed by atoms with Gasteiger partial charge in [-0.15, -0.1) is 0 Å². The molecule has 0 heterocycles. The van der Waals surface area contributed by atoms with Crippen molar-refractivity contribution in [1.29, 1.82) is 5.26 Å². The zero-order valence-corrected chi connectivity index (χ0v) is 11.3. The van der Waals surface area contributed by atoms with Gasteiger partial charge >= 0.3 is 0 Å². The standard InChI is InChI=1S/C15H25N3/c16-11-15(17)8-1-2-13(15)7-9-18(14-5-6-14)10-12-3-4-12/h12-14H,1-10,17H2. The number of nitrogens with zero attached hydrogens (tertiary/aromatic N) is 2. The summed E-state index contributed by atoms with van der Waals surface area (Å²) in [5.41, 5.74) is 5.70. The van der Waals surface area contributed by atoms with Gasteiger partial charge in [0, 0.05) is 12.6 Å². The Bertz CT molecular complexity index is 340. The van der Waals surface area contributed by atoms with Crippen molar-refractivity contribution >= 4 is 0 Å². The Kier molecular flexibility index (Phi) is 3.34. The van der Waals surface area contributed by atoms with Gasteiger partial charge in [0.05, 0.1) is 6.07 Å². The topological polar surface area (TPSA) is 53.1 Å². The van der Waals surface area contributed by atoms with Gasteiger partial charge in [0.15, 0.2) is 0 Å². The first-order valence-corrected chi connectivity index (χ1v) is 7.65. The summed E-state index contributed by atoms with van der Waals surface area (Å²) in [6.45, 7) is 2.48. The van der Waals surface area contributed by atoms with Gasteiger partial charge in [-0.2, -0.15) is 5.26 Å². The molecule has 100 valence electrons. The van der Waals surface area contributed by atoms with E-state index < -0.39 is 5.54 Å². The summed E-state index contributed by atoms with van der Waals surface area (Å²) in [5.74, 6) is 1.41. The first kappa shape index (κ1) is 12.4. The third-order valence-electron chi connectivity index (χ3n) is 5.10. The summed E-state index contributed by atoms with van der Waals surface area (Å²) in [5, 5.41) is 9.25. The fourth-order valence-corrected chi connectivity index (χ4v) is 3.47. The summed E-state index contributed by atoms with van der Waals surface area (Å²) >= 11 is 0. The van der Waals surface area contributed by atoms with Crippen LogP contribution in [0.2, 0.25) is 0 Å². The van der Waals surface area contributed by atoms with E-state index in [4.69, 9.17) is 5.73 Å². The lowest BCUT2D eigenvalue weighted by molar-refractivity contribution is 0.220. The van der Waals surface area contributed by atoms with Crippen LogP contribution in [-0.2, 0) is 0 Å². The van der Waals surface area contributed by atoms with E-state index in [0.29, 0.717) is 5.92 Å². The molecule has 0 spiro atoms. The third kappa shape index (κ3) is 2.70. The van der Waals surface area contributed by atoms with Crippen LogP contribution >= 0.6 is 0 Å². The molecular weight excluding hydrogens is 222 g/mol. The highest BCUT2D eigenvalue weighted by molar-refractivity contribution is 5.12. The minimum atomic E-state index is -0.519. The van der Waals surface area contributed by atoms with Gasteiger partial charge < -0.3 is 10.6 Å². The Morgan fingerprint density at radius 3 is 2.61 bits per heavy atom. The van der Waals surface area contributed by atoms with E-state index in [0.717, 1.165) is 37.6 Å². The number of hydrogen-bond acceptors (Lipinski definition) is 3. The Morgan fingerprint density at radius 1 is 1.22 bits per heavy atom. The van der Waals surface area contributed by atoms with Gasteiger partial charge in [0.25, 0.3) is 0 Å². The van der Waals surface area contributed by atoms with E-state index in [9.17, 15) is 5.26 Å². The molecule has 0 radical (unpaired) electrons. The average Bonchev–Trinajstić information content (AvgIpc) is 3.24. The first-order valence-electron chi connectivity index (χ1n) is 7.65. The van der Waals surface area contributed by atoms with Crippen LogP contribution in [0.4, 0.5) is 0 Å². The smallest absolute Gasteiger partial charge is 0.107 e. The summed E-state index contributed by atoms with van der Waals surface area (Å²) in [7, 11) is 0. The Hall–Kier alpha value is -0.590. The zero-order valence-electron chi connectivity index (χ0n) is 11.3. The van der Waals surface area contributed by atoms with Gasteiger partial charge in [0.2, 0.25) is 0 Å². The monoisotopic (exact) mass is 247 g/mol. The molecule has 3 saturated carbocycles. The second-order valence-electron chi connectivity index (χ2n) is 6.70. The fourth-order valence-electron chi connectivity index (χ4n) is 3.47. The minimum Gasteiger partial charge on any atom is -0.313 e. The van der Waals surface area contributed by atoms with Crippen molar-refractivity contribution < 1.29 is 0 Å². The van der Waals surface area contributed by atoms with Crippen molar-refractivity contribution in [3.05, 3.63) is 0 Å². The molecule has 3 rings (SSSR count). The molecule has 0 amide bonds. The van der Waals surface area contributed by atoms with Crippen molar-refractivity contribution in [2.45, 2.75) is 62.9 Å². The molecule has 0 aliphatic heterocycles. The quantitative estimate of drug-likeness (QED) is 0.783. The Labute approximate surface area is 110 Å². The van der Waals surface area contributed by atoms with E-state index in [2.05, 4.69) is 11.0 Å². The molecule has 0 saturated heterocycles. The van der Waals surface area contributed by atoms with Crippen LogP contribution < -0.4 is 5.73 Å². The van der Waals surface area contributed by atoms with Crippen LogP contribution in [0.3, 0.4) is 0 Å². The molecule has 2 atom stereocenters. The second kappa shape index (κ2) is 4.83. The lowest BCUT2D eigenvalue weighted by Gasteiger charge is -2.28. The molecule has 2 unspecified atom stereocenters. The molecule has 3 fully saturated rings. The lowest BCUT2D eigenvalue weighted by atomic mass is 9.87. The molecule has 3 heteroatoms. The highest BCUT2D eigenvalue weighted by Crippen LogP contribution is 2.38. The van der Waals surface area contributed by atoms with Gasteiger partial charge in [-0.25, -0.2) is 0 Å². The van der Waals surface area contributed by atoms with Crippen LogP contribution in [0.25, 0.3) is 0 Å². The predicted molar refractivity (Wildman–Crippen MR) is 71.8 cm³/mol. The maximum absolute atomic E-state index is 9.25.